The highest BCUT2D eigenvalue weighted by Crippen LogP contribution is 2.13. The molecule has 0 saturated carbocycles. The summed E-state index contributed by atoms with van der Waals surface area (Å²) in [6.45, 7) is 3.13. The molecule has 0 spiro atoms. The number of nitrogens with zero attached hydrogens (tertiary/aromatic N) is 2. The van der Waals surface area contributed by atoms with Crippen LogP contribution in [0.3, 0.4) is 0 Å². The zero-order valence-electron chi connectivity index (χ0n) is 10.4. The van der Waals surface area contributed by atoms with Gasteiger partial charge in [0.25, 0.3) is 5.56 Å². The van der Waals surface area contributed by atoms with E-state index in [-0.39, 0.29) is 5.56 Å². The zero-order valence-corrected chi connectivity index (χ0v) is 14.1. The third kappa shape index (κ3) is 3.79. The molecule has 0 bridgehead atoms. The first-order chi connectivity index (χ1) is 9.08. The molecular formula is C13H13BrIN3O. The van der Waals surface area contributed by atoms with Gasteiger partial charge >= 0.3 is 0 Å². The minimum absolute atomic E-state index is 0.0192. The second-order valence-corrected chi connectivity index (χ2v) is 6.12. The van der Waals surface area contributed by atoms with Crippen LogP contribution in [0.25, 0.3) is 0 Å². The summed E-state index contributed by atoms with van der Waals surface area (Å²) in [5.41, 5.74) is 1.05. The lowest BCUT2D eigenvalue weighted by atomic mass is 10.3. The first kappa shape index (κ1) is 14.5. The summed E-state index contributed by atoms with van der Waals surface area (Å²) in [6.07, 6.45) is 1.61. The van der Waals surface area contributed by atoms with Gasteiger partial charge < -0.3 is 5.32 Å². The Morgan fingerprint density at radius 1 is 1.37 bits per heavy atom. The second kappa shape index (κ2) is 6.51. The lowest BCUT2D eigenvalue weighted by Crippen LogP contribution is -2.28. The highest BCUT2D eigenvalue weighted by molar-refractivity contribution is 14.1. The maximum absolute atomic E-state index is 12.0. The Kier molecular flexibility index (Phi) is 4.98. The number of nitrogens with one attached hydrogen (secondary N) is 1. The van der Waals surface area contributed by atoms with Gasteiger partial charge in [0.05, 0.1) is 3.57 Å². The SMILES string of the molecule is Cc1ncc(I)c(=O)n1CCNc1ccc(Br)cc1. The van der Waals surface area contributed by atoms with Crippen molar-refractivity contribution < 1.29 is 0 Å². The van der Waals surface area contributed by atoms with Gasteiger partial charge in [-0.1, -0.05) is 15.9 Å². The molecule has 0 amide bonds. The molecule has 0 fully saturated rings. The average Bonchev–Trinajstić information content (AvgIpc) is 2.40. The number of anilines is 1. The molecule has 1 N–H and O–H groups in total. The van der Waals surface area contributed by atoms with E-state index in [1.54, 1.807) is 10.8 Å². The van der Waals surface area contributed by atoms with Gasteiger partial charge in [-0.25, -0.2) is 4.98 Å². The Morgan fingerprint density at radius 3 is 2.74 bits per heavy atom. The van der Waals surface area contributed by atoms with E-state index in [1.165, 1.54) is 0 Å². The van der Waals surface area contributed by atoms with Crippen LogP contribution in [0, 0.1) is 10.5 Å². The number of aryl methyl sites for hydroxylation is 1. The summed E-state index contributed by atoms with van der Waals surface area (Å²) in [5, 5.41) is 3.28. The summed E-state index contributed by atoms with van der Waals surface area (Å²) in [4.78, 5) is 16.2. The van der Waals surface area contributed by atoms with E-state index < -0.39 is 0 Å². The van der Waals surface area contributed by atoms with Crippen molar-refractivity contribution in [3.63, 3.8) is 0 Å². The van der Waals surface area contributed by atoms with Crippen LogP contribution >= 0.6 is 38.5 Å². The van der Waals surface area contributed by atoms with E-state index in [4.69, 9.17) is 0 Å². The van der Waals surface area contributed by atoms with E-state index in [9.17, 15) is 4.79 Å². The van der Waals surface area contributed by atoms with E-state index in [0.717, 1.165) is 16.0 Å². The maximum atomic E-state index is 12.0. The minimum atomic E-state index is 0.0192. The number of aromatic nitrogens is 2. The van der Waals surface area contributed by atoms with Gasteiger partial charge in [0.15, 0.2) is 0 Å². The molecule has 6 heteroatoms. The molecule has 0 radical (unpaired) electrons. The monoisotopic (exact) mass is 433 g/mol. The summed E-state index contributed by atoms with van der Waals surface area (Å²) in [5.74, 6) is 0.739. The number of rotatable bonds is 4. The Bertz CT molecular complexity index is 625. The van der Waals surface area contributed by atoms with Crippen molar-refractivity contribution >= 4 is 44.2 Å². The maximum Gasteiger partial charge on any atom is 0.266 e. The fourth-order valence-corrected chi connectivity index (χ4v) is 2.39. The molecule has 0 aliphatic carbocycles. The van der Waals surface area contributed by atoms with Gasteiger partial charge in [-0.05, 0) is 53.8 Å². The van der Waals surface area contributed by atoms with E-state index in [1.807, 2.05) is 53.8 Å². The topological polar surface area (TPSA) is 46.9 Å². The first-order valence-electron chi connectivity index (χ1n) is 5.79. The van der Waals surface area contributed by atoms with Gasteiger partial charge in [0.1, 0.15) is 5.82 Å². The summed E-state index contributed by atoms with van der Waals surface area (Å²) in [6, 6.07) is 7.94. The lowest BCUT2D eigenvalue weighted by molar-refractivity contribution is 0.648. The van der Waals surface area contributed by atoms with Gasteiger partial charge in [0, 0.05) is 29.4 Å². The first-order valence-corrected chi connectivity index (χ1v) is 7.66. The largest absolute Gasteiger partial charge is 0.383 e. The Balaban J connectivity index is 2.02. The van der Waals surface area contributed by atoms with Crippen LogP contribution < -0.4 is 10.9 Å². The van der Waals surface area contributed by atoms with Crippen LogP contribution in [0.4, 0.5) is 5.69 Å². The smallest absolute Gasteiger partial charge is 0.266 e. The predicted molar refractivity (Wildman–Crippen MR) is 88.6 cm³/mol. The molecule has 2 aromatic rings. The molecule has 0 atom stereocenters. The van der Waals surface area contributed by atoms with Crippen LogP contribution in [0.15, 0.2) is 39.7 Å². The Labute approximate surface area is 133 Å². The van der Waals surface area contributed by atoms with Crippen molar-refractivity contribution in [1.29, 1.82) is 0 Å². The molecule has 1 aromatic carbocycles. The summed E-state index contributed by atoms with van der Waals surface area (Å²) >= 11 is 5.41. The van der Waals surface area contributed by atoms with E-state index in [2.05, 4.69) is 26.2 Å². The highest BCUT2D eigenvalue weighted by Gasteiger charge is 2.04. The lowest BCUT2D eigenvalue weighted by Gasteiger charge is -2.11. The Hall–Kier alpha value is -0.890. The molecule has 0 aliphatic rings. The van der Waals surface area contributed by atoms with Crippen LogP contribution in [-0.2, 0) is 6.54 Å². The van der Waals surface area contributed by atoms with E-state index in [0.29, 0.717) is 16.7 Å². The van der Waals surface area contributed by atoms with Crippen LogP contribution in [0.5, 0.6) is 0 Å². The van der Waals surface area contributed by atoms with E-state index >= 15 is 0 Å². The average molecular weight is 434 g/mol. The van der Waals surface area contributed by atoms with Crippen molar-refractivity contribution in [1.82, 2.24) is 9.55 Å². The summed E-state index contributed by atoms with van der Waals surface area (Å²) in [7, 11) is 0. The minimum Gasteiger partial charge on any atom is -0.383 e. The fourth-order valence-electron chi connectivity index (χ4n) is 1.69. The van der Waals surface area contributed by atoms with Gasteiger partial charge in [-0.15, -0.1) is 0 Å². The molecule has 1 aromatic heterocycles. The van der Waals surface area contributed by atoms with Crippen LogP contribution in [0.1, 0.15) is 5.82 Å². The van der Waals surface area contributed by atoms with Crippen LogP contribution in [-0.4, -0.2) is 16.1 Å². The third-order valence-corrected chi connectivity index (χ3v) is 3.98. The number of benzene rings is 1. The van der Waals surface area contributed by atoms with Gasteiger partial charge in [-0.2, -0.15) is 0 Å². The number of hydrogen-bond acceptors (Lipinski definition) is 3. The normalized spacial score (nSPS) is 10.5. The second-order valence-electron chi connectivity index (χ2n) is 4.04. The van der Waals surface area contributed by atoms with Crippen molar-refractivity contribution in [2.75, 3.05) is 11.9 Å². The highest BCUT2D eigenvalue weighted by atomic mass is 127. The molecule has 100 valence electrons. The molecule has 0 aliphatic heterocycles. The number of halogens is 2. The Morgan fingerprint density at radius 2 is 2.05 bits per heavy atom. The molecule has 4 nitrogen and oxygen atoms in total. The van der Waals surface area contributed by atoms with Crippen molar-refractivity contribution in [3.05, 3.63) is 54.7 Å². The quantitative estimate of drug-likeness (QED) is 0.754. The van der Waals surface area contributed by atoms with Crippen molar-refractivity contribution in [3.8, 4) is 0 Å². The molecular weight excluding hydrogens is 421 g/mol. The predicted octanol–water partition coefficient (Wildman–Crippen LogP) is 3.03. The van der Waals surface area contributed by atoms with Crippen molar-refractivity contribution in [2.45, 2.75) is 13.5 Å². The third-order valence-electron chi connectivity index (χ3n) is 2.71. The molecule has 2 rings (SSSR count). The molecule has 0 unspecified atom stereocenters. The number of hydrogen-bond donors (Lipinski definition) is 1. The molecule has 19 heavy (non-hydrogen) atoms. The fraction of sp³-hybridized carbons (Fsp3) is 0.231. The molecule has 0 saturated heterocycles. The van der Waals surface area contributed by atoms with Crippen LogP contribution in [0.2, 0.25) is 0 Å². The van der Waals surface area contributed by atoms with Gasteiger partial charge in [0.2, 0.25) is 0 Å². The molecule has 1 heterocycles. The standard InChI is InChI=1S/C13H13BrIN3O/c1-9-17-8-12(15)13(19)18(9)7-6-16-11-4-2-10(14)3-5-11/h2-5,8,16H,6-7H2,1H3. The van der Waals surface area contributed by atoms with Gasteiger partial charge in [-0.3, -0.25) is 9.36 Å². The summed E-state index contributed by atoms with van der Waals surface area (Å²) < 4.78 is 3.38. The zero-order chi connectivity index (χ0) is 13.8. The van der Waals surface area contributed by atoms with Crippen molar-refractivity contribution in [2.24, 2.45) is 0 Å².